The third kappa shape index (κ3) is 1.78. The maximum absolute atomic E-state index is 5.72. The van der Waals surface area contributed by atoms with Crippen molar-refractivity contribution in [2.24, 2.45) is 5.73 Å². The minimum Gasteiger partial charge on any atom is -0.355 e. The summed E-state index contributed by atoms with van der Waals surface area (Å²) >= 11 is 0. The van der Waals surface area contributed by atoms with Gasteiger partial charge in [-0.25, -0.2) is 4.98 Å². The highest BCUT2D eigenvalue weighted by Gasteiger charge is 2.20. The summed E-state index contributed by atoms with van der Waals surface area (Å²) in [6, 6.07) is 6.13. The molecule has 0 bridgehead atoms. The minimum absolute atomic E-state index is 0.670. The van der Waals surface area contributed by atoms with Crippen molar-refractivity contribution in [2.75, 3.05) is 24.5 Å². The molecule has 0 saturated carbocycles. The van der Waals surface area contributed by atoms with Crippen molar-refractivity contribution in [1.29, 1.82) is 0 Å². The molecule has 2 aromatic rings. The lowest BCUT2D eigenvalue weighted by Gasteiger charge is -2.16. The molecule has 0 unspecified atom stereocenters. The van der Waals surface area contributed by atoms with E-state index in [0.717, 1.165) is 31.0 Å². The molecule has 1 saturated heterocycles. The van der Waals surface area contributed by atoms with Crippen LogP contribution in [0.25, 0.3) is 5.65 Å². The molecule has 1 fully saturated rings. The van der Waals surface area contributed by atoms with Gasteiger partial charge in [0.25, 0.3) is 0 Å². The van der Waals surface area contributed by atoms with Gasteiger partial charge in [-0.15, -0.1) is 0 Å². The van der Waals surface area contributed by atoms with Gasteiger partial charge in [-0.1, -0.05) is 6.07 Å². The van der Waals surface area contributed by atoms with E-state index in [1.165, 1.54) is 18.5 Å². The Kier molecular flexibility index (Phi) is 2.73. The van der Waals surface area contributed by atoms with E-state index in [2.05, 4.69) is 21.6 Å². The molecule has 4 nitrogen and oxygen atoms in total. The summed E-state index contributed by atoms with van der Waals surface area (Å²) in [6.45, 7) is 2.92. The number of rotatable bonds is 3. The van der Waals surface area contributed by atoms with E-state index in [9.17, 15) is 0 Å². The molecular weight excluding hydrogens is 212 g/mol. The van der Waals surface area contributed by atoms with Crippen LogP contribution < -0.4 is 10.6 Å². The minimum atomic E-state index is 0.670. The van der Waals surface area contributed by atoms with Gasteiger partial charge < -0.3 is 15.0 Å². The first-order chi connectivity index (χ1) is 8.40. The molecule has 2 N–H and O–H groups in total. The lowest BCUT2D eigenvalue weighted by atomic mass is 10.3. The van der Waals surface area contributed by atoms with Crippen LogP contribution in [0.3, 0.4) is 0 Å². The van der Waals surface area contributed by atoms with E-state index in [-0.39, 0.29) is 0 Å². The number of anilines is 1. The van der Waals surface area contributed by atoms with Crippen molar-refractivity contribution < 1.29 is 0 Å². The topological polar surface area (TPSA) is 46.6 Å². The Morgan fingerprint density at radius 2 is 2.06 bits per heavy atom. The van der Waals surface area contributed by atoms with Crippen molar-refractivity contribution in [3.05, 3.63) is 30.1 Å². The Hall–Kier alpha value is -1.55. The third-order valence-corrected chi connectivity index (χ3v) is 3.39. The van der Waals surface area contributed by atoms with Crippen LogP contribution in [-0.4, -0.2) is 29.0 Å². The molecule has 2 aromatic heterocycles. The maximum atomic E-state index is 5.72. The lowest BCUT2D eigenvalue weighted by molar-refractivity contribution is 0.872. The SMILES string of the molecule is NCCc1c(N2CCCC2)nc2ccccn12. The monoisotopic (exact) mass is 230 g/mol. The second-order valence-corrected chi connectivity index (χ2v) is 4.54. The van der Waals surface area contributed by atoms with E-state index in [4.69, 9.17) is 10.7 Å². The Morgan fingerprint density at radius 3 is 2.82 bits per heavy atom. The molecule has 0 spiro atoms. The first kappa shape index (κ1) is 10.6. The van der Waals surface area contributed by atoms with Gasteiger partial charge in [-0.2, -0.15) is 0 Å². The number of imidazole rings is 1. The quantitative estimate of drug-likeness (QED) is 0.867. The van der Waals surface area contributed by atoms with Gasteiger partial charge >= 0.3 is 0 Å². The van der Waals surface area contributed by atoms with Gasteiger partial charge in [-0.3, -0.25) is 0 Å². The highest BCUT2D eigenvalue weighted by atomic mass is 15.2. The van der Waals surface area contributed by atoms with E-state index in [1.54, 1.807) is 0 Å². The van der Waals surface area contributed by atoms with E-state index in [1.807, 2.05) is 12.1 Å². The smallest absolute Gasteiger partial charge is 0.151 e. The summed E-state index contributed by atoms with van der Waals surface area (Å²) in [6.07, 6.45) is 5.51. The Labute approximate surface area is 101 Å². The van der Waals surface area contributed by atoms with Crippen LogP contribution in [0.15, 0.2) is 24.4 Å². The van der Waals surface area contributed by atoms with Crippen molar-refractivity contribution in [3.63, 3.8) is 0 Å². The first-order valence-electron chi connectivity index (χ1n) is 6.31. The predicted octanol–water partition coefficient (Wildman–Crippen LogP) is 1.44. The zero-order valence-corrected chi connectivity index (χ0v) is 9.97. The fourth-order valence-corrected chi connectivity index (χ4v) is 2.59. The van der Waals surface area contributed by atoms with E-state index >= 15 is 0 Å². The van der Waals surface area contributed by atoms with Gasteiger partial charge in [0.2, 0.25) is 0 Å². The molecular formula is C13H18N4. The Balaban J connectivity index is 2.11. The Bertz CT molecular complexity index is 511. The second-order valence-electron chi connectivity index (χ2n) is 4.54. The maximum Gasteiger partial charge on any atom is 0.151 e. The molecule has 17 heavy (non-hydrogen) atoms. The van der Waals surface area contributed by atoms with Gasteiger partial charge in [0.05, 0.1) is 5.69 Å². The van der Waals surface area contributed by atoms with Crippen molar-refractivity contribution in [3.8, 4) is 0 Å². The van der Waals surface area contributed by atoms with Crippen LogP contribution in [0.4, 0.5) is 5.82 Å². The van der Waals surface area contributed by atoms with Crippen LogP contribution in [0.2, 0.25) is 0 Å². The fraction of sp³-hybridized carbons (Fsp3) is 0.462. The number of hydrogen-bond acceptors (Lipinski definition) is 3. The number of hydrogen-bond donors (Lipinski definition) is 1. The predicted molar refractivity (Wildman–Crippen MR) is 69.4 cm³/mol. The summed E-state index contributed by atoms with van der Waals surface area (Å²) in [5.74, 6) is 1.14. The highest BCUT2D eigenvalue weighted by Crippen LogP contribution is 2.25. The molecule has 0 aliphatic carbocycles. The van der Waals surface area contributed by atoms with Crippen LogP contribution in [-0.2, 0) is 6.42 Å². The lowest BCUT2D eigenvalue weighted by Crippen LogP contribution is -2.20. The number of aromatic nitrogens is 2. The van der Waals surface area contributed by atoms with Crippen LogP contribution >= 0.6 is 0 Å². The summed E-state index contributed by atoms with van der Waals surface area (Å²) < 4.78 is 2.17. The molecule has 3 heterocycles. The third-order valence-electron chi connectivity index (χ3n) is 3.39. The first-order valence-corrected chi connectivity index (χ1v) is 6.31. The van der Waals surface area contributed by atoms with E-state index < -0.39 is 0 Å². The second kappa shape index (κ2) is 4.37. The number of nitrogens with two attached hydrogens (primary N) is 1. The average Bonchev–Trinajstić information content (AvgIpc) is 2.97. The molecule has 1 aliphatic heterocycles. The normalized spacial score (nSPS) is 15.9. The summed E-state index contributed by atoms with van der Waals surface area (Å²) in [4.78, 5) is 7.13. The van der Waals surface area contributed by atoms with Crippen LogP contribution in [0.1, 0.15) is 18.5 Å². The van der Waals surface area contributed by atoms with E-state index in [0.29, 0.717) is 6.54 Å². The Morgan fingerprint density at radius 1 is 1.24 bits per heavy atom. The van der Waals surface area contributed by atoms with Gasteiger partial charge in [-0.05, 0) is 31.5 Å². The molecule has 0 radical (unpaired) electrons. The van der Waals surface area contributed by atoms with Gasteiger partial charge in [0, 0.05) is 25.7 Å². The number of pyridine rings is 1. The molecule has 90 valence electrons. The molecule has 3 rings (SSSR count). The molecule has 4 heteroatoms. The highest BCUT2D eigenvalue weighted by molar-refractivity contribution is 5.56. The number of fused-ring (bicyclic) bond motifs is 1. The fourth-order valence-electron chi connectivity index (χ4n) is 2.59. The summed E-state index contributed by atoms with van der Waals surface area (Å²) in [5, 5.41) is 0. The standard InChI is InChI=1S/C13H18N4/c14-7-6-11-13(16-8-3-4-9-16)15-12-5-1-2-10-17(11)12/h1-2,5,10H,3-4,6-9,14H2. The molecule has 0 amide bonds. The largest absolute Gasteiger partial charge is 0.355 e. The van der Waals surface area contributed by atoms with Gasteiger partial charge in [0.15, 0.2) is 5.82 Å². The van der Waals surface area contributed by atoms with Gasteiger partial charge in [0.1, 0.15) is 5.65 Å². The zero-order chi connectivity index (χ0) is 11.7. The summed E-state index contributed by atoms with van der Waals surface area (Å²) in [5.41, 5.74) is 8.00. The van der Waals surface area contributed by atoms with Crippen LogP contribution in [0.5, 0.6) is 0 Å². The molecule has 1 aliphatic rings. The van der Waals surface area contributed by atoms with Crippen LogP contribution in [0, 0.1) is 0 Å². The zero-order valence-electron chi connectivity index (χ0n) is 9.97. The number of nitrogens with zero attached hydrogens (tertiary/aromatic N) is 3. The summed E-state index contributed by atoms with van der Waals surface area (Å²) in [7, 11) is 0. The molecule has 0 aromatic carbocycles. The van der Waals surface area contributed by atoms with Crippen molar-refractivity contribution in [2.45, 2.75) is 19.3 Å². The molecule has 0 atom stereocenters. The van der Waals surface area contributed by atoms with Crippen molar-refractivity contribution >= 4 is 11.5 Å². The average molecular weight is 230 g/mol. The van der Waals surface area contributed by atoms with Crippen molar-refractivity contribution in [1.82, 2.24) is 9.38 Å².